The lowest BCUT2D eigenvalue weighted by Crippen LogP contribution is -2.13. The van der Waals surface area contributed by atoms with E-state index >= 15 is 0 Å². The predicted molar refractivity (Wildman–Crippen MR) is 70.5 cm³/mol. The van der Waals surface area contributed by atoms with E-state index in [1.807, 2.05) is 19.1 Å². The Kier molecular flexibility index (Phi) is 4.90. The number of hydrogen-bond acceptors (Lipinski definition) is 3. The highest BCUT2D eigenvalue weighted by Gasteiger charge is 2.19. The first-order valence-corrected chi connectivity index (χ1v) is 7.83. The van der Waals surface area contributed by atoms with Crippen molar-refractivity contribution in [1.82, 2.24) is 0 Å². The number of carboxylic acids is 1. The molecule has 0 saturated carbocycles. The topological polar surface area (TPSA) is 71.4 Å². The van der Waals surface area contributed by atoms with Crippen molar-refractivity contribution < 1.29 is 18.3 Å². The number of aliphatic carboxylic acids is 1. The Hall–Kier alpha value is -1.36. The number of benzene rings is 1. The summed E-state index contributed by atoms with van der Waals surface area (Å²) in [5.41, 5.74) is 1.79. The Morgan fingerprint density at radius 1 is 1.28 bits per heavy atom. The van der Waals surface area contributed by atoms with Crippen molar-refractivity contribution in [2.75, 3.05) is 12.0 Å². The van der Waals surface area contributed by atoms with Gasteiger partial charge in [0.1, 0.15) is 9.84 Å². The molecule has 0 aliphatic carbocycles. The van der Waals surface area contributed by atoms with Crippen LogP contribution in [0.15, 0.2) is 24.3 Å². The minimum Gasteiger partial charge on any atom is -0.481 e. The highest BCUT2D eigenvalue weighted by Crippen LogP contribution is 2.22. The van der Waals surface area contributed by atoms with E-state index in [1.165, 1.54) is 0 Å². The maximum Gasteiger partial charge on any atom is 0.310 e. The van der Waals surface area contributed by atoms with E-state index in [0.717, 1.165) is 17.4 Å². The third-order valence-corrected chi connectivity index (χ3v) is 3.82. The summed E-state index contributed by atoms with van der Waals surface area (Å²) in [5, 5.41) is 9.18. The molecule has 1 aromatic carbocycles. The van der Waals surface area contributed by atoms with E-state index in [9.17, 15) is 18.3 Å². The van der Waals surface area contributed by atoms with Crippen LogP contribution in [0.1, 0.15) is 29.9 Å². The van der Waals surface area contributed by atoms with Crippen molar-refractivity contribution in [2.24, 2.45) is 0 Å². The van der Waals surface area contributed by atoms with Crippen LogP contribution in [0.5, 0.6) is 0 Å². The lowest BCUT2D eigenvalue weighted by Gasteiger charge is -2.12. The van der Waals surface area contributed by atoms with E-state index in [2.05, 4.69) is 0 Å². The molecule has 0 aliphatic rings. The molecule has 0 aliphatic heterocycles. The largest absolute Gasteiger partial charge is 0.481 e. The van der Waals surface area contributed by atoms with Crippen LogP contribution < -0.4 is 0 Å². The van der Waals surface area contributed by atoms with E-state index in [4.69, 9.17) is 0 Å². The van der Waals surface area contributed by atoms with E-state index < -0.39 is 21.7 Å². The average Bonchev–Trinajstić information content (AvgIpc) is 2.24. The molecule has 0 spiro atoms. The van der Waals surface area contributed by atoms with Gasteiger partial charge in [0.15, 0.2) is 0 Å². The van der Waals surface area contributed by atoms with Gasteiger partial charge in [-0.1, -0.05) is 29.8 Å². The van der Waals surface area contributed by atoms with Crippen LogP contribution in [-0.4, -0.2) is 31.5 Å². The number of aryl methyl sites for hydroxylation is 1. The van der Waals surface area contributed by atoms with Crippen molar-refractivity contribution in [3.05, 3.63) is 35.4 Å². The van der Waals surface area contributed by atoms with Gasteiger partial charge < -0.3 is 5.11 Å². The Bertz CT molecular complexity index is 502. The molecule has 1 atom stereocenters. The Labute approximate surface area is 108 Å². The zero-order valence-electron chi connectivity index (χ0n) is 10.6. The van der Waals surface area contributed by atoms with E-state index in [-0.39, 0.29) is 5.75 Å². The van der Waals surface area contributed by atoms with Gasteiger partial charge >= 0.3 is 5.97 Å². The molecule has 0 bridgehead atoms. The summed E-state index contributed by atoms with van der Waals surface area (Å²) in [5.74, 6) is -1.51. The molecule has 0 amide bonds. The van der Waals surface area contributed by atoms with Gasteiger partial charge in [0.05, 0.1) is 5.92 Å². The van der Waals surface area contributed by atoms with Crippen molar-refractivity contribution in [3.8, 4) is 0 Å². The molecule has 0 fully saturated rings. The fourth-order valence-corrected chi connectivity index (χ4v) is 2.47. The van der Waals surface area contributed by atoms with E-state index in [1.54, 1.807) is 12.1 Å². The molecule has 1 unspecified atom stereocenters. The van der Waals surface area contributed by atoms with Crippen molar-refractivity contribution in [1.29, 1.82) is 0 Å². The van der Waals surface area contributed by atoms with Gasteiger partial charge in [-0.15, -0.1) is 0 Å². The Morgan fingerprint density at radius 3 is 2.28 bits per heavy atom. The van der Waals surface area contributed by atoms with E-state index in [0.29, 0.717) is 12.8 Å². The van der Waals surface area contributed by atoms with Gasteiger partial charge in [-0.05, 0) is 25.3 Å². The number of hydrogen-bond donors (Lipinski definition) is 1. The SMILES string of the molecule is Cc1ccc(C(CCCS(C)(=O)=O)C(=O)O)cc1. The second-order valence-corrected chi connectivity index (χ2v) is 6.83. The first kappa shape index (κ1) is 14.7. The van der Waals surface area contributed by atoms with Crippen LogP contribution in [0.3, 0.4) is 0 Å². The molecule has 0 heterocycles. The zero-order chi connectivity index (χ0) is 13.8. The van der Waals surface area contributed by atoms with Crippen LogP contribution in [0, 0.1) is 6.92 Å². The Balaban J connectivity index is 2.72. The molecular formula is C13H18O4S. The quantitative estimate of drug-likeness (QED) is 0.858. The summed E-state index contributed by atoms with van der Waals surface area (Å²) in [6, 6.07) is 7.30. The summed E-state index contributed by atoms with van der Waals surface area (Å²) < 4.78 is 22.0. The number of sulfone groups is 1. The number of carboxylic acid groups (broad SMARTS) is 1. The van der Waals surface area contributed by atoms with Crippen LogP contribution in [-0.2, 0) is 14.6 Å². The molecule has 1 N–H and O–H groups in total. The summed E-state index contributed by atoms with van der Waals surface area (Å²) in [6.45, 7) is 1.93. The molecule has 1 rings (SSSR count). The lowest BCUT2D eigenvalue weighted by molar-refractivity contribution is -0.139. The molecule has 4 nitrogen and oxygen atoms in total. The zero-order valence-corrected chi connectivity index (χ0v) is 11.4. The smallest absolute Gasteiger partial charge is 0.310 e. The third-order valence-electron chi connectivity index (χ3n) is 2.79. The van der Waals surface area contributed by atoms with Crippen molar-refractivity contribution in [3.63, 3.8) is 0 Å². The average molecular weight is 270 g/mol. The first-order chi connectivity index (χ1) is 8.29. The highest BCUT2D eigenvalue weighted by molar-refractivity contribution is 7.90. The number of rotatable bonds is 6. The lowest BCUT2D eigenvalue weighted by atomic mass is 9.94. The fourth-order valence-electron chi connectivity index (χ4n) is 1.78. The van der Waals surface area contributed by atoms with Crippen LogP contribution >= 0.6 is 0 Å². The molecule has 100 valence electrons. The molecule has 1 aromatic rings. The van der Waals surface area contributed by atoms with Gasteiger partial charge in [-0.3, -0.25) is 4.79 Å². The second-order valence-electron chi connectivity index (χ2n) is 4.57. The maximum absolute atomic E-state index is 11.2. The fraction of sp³-hybridized carbons (Fsp3) is 0.462. The monoisotopic (exact) mass is 270 g/mol. The van der Waals surface area contributed by atoms with Gasteiger partial charge in [0.2, 0.25) is 0 Å². The third kappa shape index (κ3) is 4.87. The predicted octanol–water partition coefficient (Wildman–Crippen LogP) is 1.99. The first-order valence-electron chi connectivity index (χ1n) is 5.76. The molecule has 0 aromatic heterocycles. The minimum absolute atomic E-state index is 0.0304. The highest BCUT2D eigenvalue weighted by atomic mass is 32.2. The van der Waals surface area contributed by atoms with Crippen LogP contribution in [0.25, 0.3) is 0 Å². The normalized spacial score (nSPS) is 13.2. The van der Waals surface area contributed by atoms with Crippen molar-refractivity contribution >= 4 is 15.8 Å². The van der Waals surface area contributed by atoms with Gasteiger partial charge in [-0.2, -0.15) is 0 Å². The summed E-state index contributed by atoms with van der Waals surface area (Å²) in [7, 11) is -3.03. The molecular weight excluding hydrogens is 252 g/mol. The van der Waals surface area contributed by atoms with Gasteiger partial charge in [0, 0.05) is 12.0 Å². The summed E-state index contributed by atoms with van der Waals surface area (Å²) in [6.07, 6.45) is 1.86. The maximum atomic E-state index is 11.2. The molecule has 18 heavy (non-hydrogen) atoms. The Morgan fingerprint density at radius 2 is 1.83 bits per heavy atom. The molecule has 0 radical (unpaired) electrons. The summed E-state index contributed by atoms with van der Waals surface area (Å²) in [4.78, 5) is 11.2. The van der Waals surface area contributed by atoms with Crippen molar-refractivity contribution in [2.45, 2.75) is 25.7 Å². The molecule has 0 saturated heterocycles. The second kappa shape index (κ2) is 6.00. The standard InChI is InChI=1S/C13H18O4S/c1-10-5-7-11(8-6-10)12(13(14)15)4-3-9-18(2,16)17/h5-8,12H,3-4,9H2,1-2H3,(H,14,15). The van der Waals surface area contributed by atoms with Crippen LogP contribution in [0.2, 0.25) is 0 Å². The van der Waals surface area contributed by atoms with Crippen LogP contribution in [0.4, 0.5) is 0 Å². The molecule has 5 heteroatoms. The van der Waals surface area contributed by atoms with Gasteiger partial charge in [0.25, 0.3) is 0 Å². The summed E-state index contributed by atoms with van der Waals surface area (Å²) >= 11 is 0. The van der Waals surface area contributed by atoms with Gasteiger partial charge in [-0.25, -0.2) is 8.42 Å². The number of carbonyl (C=O) groups is 1. The minimum atomic E-state index is -3.03.